The number of phenolic OH excluding ortho intramolecular Hbond substituents is 1. The Labute approximate surface area is 181 Å². The third kappa shape index (κ3) is 4.03. The second-order valence-electron chi connectivity index (χ2n) is 6.97. The van der Waals surface area contributed by atoms with Crippen LogP contribution in [0.15, 0.2) is 59.7 Å². The van der Waals surface area contributed by atoms with E-state index < -0.39 is 4.92 Å². The number of hydrazone groups is 1. The van der Waals surface area contributed by atoms with Gasteiger partial charge < -0.3 is 9.67 Å². The molecule has 0 atom stereocenters. The Morgan fingerprint density at radius 2 is 1.90 bits per heavy atom. The van der Waals surface area contributed by atoms with E-state index in [4.69, 9.17) is 0 Å². The number of benzene rings is 2. The van der Waals surface area contributed by atoms with Gasteiger partial charge in [-0.15, -0.1) is 11.3 Å². The number of non-ortho nitro benzene ring substituents is 1. The summed E-state index contributed by atoms with van der Waals surface area (Å²) in [4.78, 5) is 23.3. The molecule has 0 aliphatic rings. The standard InChI is InChI=1S/C22H18N4O4S/c1-13-9-16(14(2)25(13)17-3-6-19(27)7-4-17)12-23-24-22(28)21-11-15-10-18(26(29)30)5-8-20(15)31-21/h3-12,27H,1-2H3,(H,24,28). The number of nitrogens with zero attached hydrogens (tertiary/aromatic N) is 3. The molecule has 8 nitrogen and oxygen atoms in total. The van der Waals surface area contributed by atoms with Gasteiger partial charge >= 0.3 is 0 Å². The van der Waals surface area contributed by atoms with E-state index in [1.54, 1.807) is 30.5 Å². The molecule has 31 heavy (non-hydrogen) atoms. The first kappa shape index (κ1) is 20.3. The topological polar surface area (TPSA) is 110 Å². The highest BCUT2D eigenvalue weighted by Crippen LogP contribution is 2.29. The van der Waals surface area contributed by atoms with Crippen molar-refractivity contribution in [2.75, 3.05) is 0 Å². The van der Waals surface area contributed by atoms with E-state index in [1.165, 1.54) is 23.5 Å². The Morgan fingerprint density at radius 1 is 1.16 bits per heavy atom. The van der Waals surface area contributed by atoms with Crippen LogP contribution in [-0.4, -0.2) is 26.7 Å². The van der Waals surface area contributed by atoms with Crippen LogP contribution in [-0.2, 0) is 0 Å². The summed E-state index contributed by atoms with van der Waals surface area (Å²) >= 11 is 1.25. The van der Waals surface area contributed by atoms with Gasteiger partial charge in [-0.3, -0.25) is 14.9 Å². The summed E-state index contributed by atoms with van der Waals surface area (Å²) < 4.78 is 2.82. The van der Waals surface area contributed by atoms with Gasteiger partial charge in [0, 0.05) is 44.9 Å². The fourth-order valence-electron chi connectivity index (χ4n) is 3.39. The number of nitro benzene ring substituents is 1. The smallest absolute Gasteiger partial charge is 0.281 e. The summed E-state index contributed by atoms with van der Waals surface area (Å²) in [6, 6.07) is 15.0. The number of carbonyl (C=O) groups excluding carboxylic acids is 1. The lowest BCUT2D eigenvalue weighted by atomic mass is 10.2. The van der Waals surface area contributed by atoms with Crippen LogP contribution in [0.5, 0.6) is 5.75 Å². The monoisotopic (exact) mass is 434 g/mol. The van der Waals surface area contributed by atoms with Crippen molar-refractivity contribution in [1.29, 1.82) is 0 Å². The summed E-state index contributed by atoms with van der Waals surface area (Å²) in [5.41, 5.74) is 6.19. The average molecular weight is 434 g/mol. The molecule has 2 N–H and O–H groups in total. The number of thiophene rings is 1. The number of amides is 1. The predicted octanol–water partition coefficient (Wildman–Crippen LogP) is 4.69. The van der Waals surface area contributed by atoms with Crippen molar-refractivity contribution in [1.82, 2.24) is 9.99 Å². The molecule has 0 fully saturated rings. The van der Waals surface area contributed by atoms with E-state index >= 15 is 0 Å². The lowest BCUT2D eigenvalue weighted by Crippen LogP contribution is -2.16. The van der Waals surface area contributed by atoms with Crippen LogP contribution in [0.2, 0.25) is 0 Å². The number of rotatable bonds is 5. The van der Waals surface area contributed by atoms with Crippen molar-refractivity contribution in [2.45, 2.75) is 13.8 Å². The van der Waals surface area contributed by atoms with Crippen LogP contribution >= 0.6 is 11.3 Å². The van der Waals surface area contributed by atoms with Crippen LogP contribution in [0.1, 0.15) is 26.6 Å². The average Bonchev–Trinajstić information content (AvgIpc) is 3.29. The number of aryl methyl sites for hydroxylation is 1. The quantitative estimate of drug-likeness (QED) is 0.270. The van der Waals surface area contributed by atoms with Crippen LogP contribution in [0.3, 0.4) is 0 Å². The minimum Gasteiger partial charge on any atom is -0.508 e. The summed E-state index contributed by atoms with van der Waals surface area (Å²) in [5.74, 6) is -0.181. The predicted molar refractivity (Wildman–Crippen MR) is 120 cm³/mol. The summed E-state index contributed by atoms with van der Waals surface area (Å²) in [7, 11) is 0. The summed E-state index contributed by atoms with van der Waals surface area (Å²) in [6.07, 6.45) is 1.58. The zero-order chi connectivity index (χ0) is 22.1. The molecule has 2 aromatic heterocycles. The summed E-state index contributed by atoms with van der Waals surface area (Å²) in [6.45, 7) is 3.91. The lowest BCUT2D eigenvalue weighted by Gasteiger charge is -2.09. The number of phenols is 1. The molecule has 0 bridgehead atoms. The molecule has 4 rings (SSSR count). The van der Waals surface area contributed by atoms with E-state index in [-0.39, 0.29) is 17.3 Å². The van der Waals surface area contributed by atoms with E-state index in [9.17, 15) is 20.0 Å². The van der Waals surface area contributed by atoms with E-state index in [0.29, 0.717) is 10.3 Å². The molecule has 4 aromatic rings. The number of nitrogens with one attached hydrogen (secondary N) is 1. The molecule has 0 aliphatic carbocycles. The van der Waals surface area contributed by atoms with Gasteiger partial charge in [-0.1, -0.05) is 0 Å². The first-order valence-electron chi connectivity index (χ1n) is 9.33. The zero-order valence-electron chi connectivity index (χ0n) is 16.7. The van der Waals surface area contributed by atoms with Crippen LogP contribution < -0.4 is 5.43 Å². The molecular formula is C22H18N4O4S. The number of carbonyl (C=O) groups is 1. The molecule has 9 heteroatoms. The summed E-state index contributed by atoms with van der Waals surface area (Å²) in [5, 5.41) is 25.1. The molecule has 0 aliphatic heterocycles. The van der Waals surface area contributed by atoms with Gasteiger partial charge in [0.15, 0.2) is 0 Å². The number of aromatic nitrogens is 1. The maximum Gasteiger partial charge on any atom is 0.281 e. The van der Waals surface area contributed by atoms with Crippen molar-refractivity contribution >= 4 is 39.2 Å². The number of nitro groups is 1. The van der Waals surface area contributed by atoms with Gasteiger partial charge in [0.25, 0.3) is 11.6 Å². The molecule has 0 unspecified atom stereocenters. The van der Waals surface area contributed by atoms with Gasteiger partial charge in [0.1, 0.15) is 5.75 Å². The van der Waals surface area contributed by atoms with Gasteiger partial charge in [-0.05, 0) is 56.3 Å². The van der Waals surface area contributed by atoms with Crippen LogP contribution in [0.25, 0.3) is 15.8 Å². The Morgan fingerprint density at radius 3 is 2.61 bits per heavy atom. The normalized spacial score (nSPS) is 11.3. The highest BCUT2D eigenvalue weighted by atomic mass is 32.1. The minimum absolute atomic E-state index is 0.0146. The van der Waals surface area contributed by atoms with Crippen LogP contribution in [0, 0.1) is 24.0 Å². The van der Waals surface area contributed by atoms with Crippen molar-refractivity contribution < 1.29 is 14.8 Å². The van der Waals surface area contributed by atoms with E-state index in [2.05, 4.69) is 10.5 Å². The van der Waals surface area contributed by atoms with Crippen molar-refractivity contribution in [3.8, 4) is 11.4 Å². The largest absolute Gasteiger partial charge is 0.508 e. The fourth-order valence-corrected chi connectivity index (χ4v) is 4.32. The molecule has 1 amide bonds. The highest BCUT2D eigenvalue weighted by molar-refractivity contribution is 7.20. The van der Waals surface area contributed by atoms with Gasteiger partial charge in [0.05, 0.1) is 16.0 Å². The molecule has 0 spiro atoms. The minimum atomic E-state index is -0.463. The van der Waals surface area contributed by atoms with Gasteiger partial charge in [-0.2, -0.15) is 5.10 Å². The number of hydrogen-bond donors (Lipinski definition) is 2. The van der Waals surface area contributed by atoms with E-state index in [0.717, 1.165) is 27.3 Å². The number of aromatic hydroxyl groups is 1. The molecule has 0 saturated heterocycles. The molecule has 2 heterocycles. The maximum absolute atomic E-state index is 12.5. The van der Waals surface area contributed by atoms with Crippen LogP contribution in [0.4, 0.5) is 5.69 Å². The zero-order valence-corrected chi connectivity index (χ0v) is 17.5. The number of hydrogen-bond acceptors (Lipinski definition) is 6. The maximum atomic E-state index is 12.5. The Hall–Kier alpha value is -3.98. The van der Waals surface area contributed by atoms with Gasteiger partial charge in [0.2, 0.25) is 0 Å². The second kappa shape index (κ2) is 8.04. The third-order valence-corrected chi connectivity index (χ3v) is 6.00. The Kier molecular flexibility index (Phi) is 5.26. The molecular weight excluding hydrogens is 416 g/mol. The second-order valence-corrected chi connectivity index (χ2v) is 8.05. The first-order chi connectivity index (χ1) is 14.8. The SMILES string of the molecule is Cc1cc(C=NNC(=O)c2cc3cc([N+](=O)[O-])ccc3s2)c(C)n1-c1ccc(O)cc1. The van der Waals surface area contributed by atoms with E-state index in [1.807, 2.05) is 36.6 Å². The van der Waals surface area contributed by atoms with Crippen molar-refractivity contribution in [2.24, 2.45) is 5.10 Å². The number of fused-ring (bicyclic) bond motifs is 1. The molecule has 0 radical (unpaired) electrons. The Balaban J connectivity index is 1.51. The highest BCUT2D eigenvalue weighted by Gasteiger charge is 2.13. The lowest BCUT2D eigenvalue weighted by molar-refractivity contribution is -0.384. The van der Waals surface area contributed by atoms with Crippen molar-refractivity contribution in [3.63, 3.8) is 0 Å². The third-order valence-electron chi connectivity index (χ3n) is 4.88. The fraction of sp³-hybridized carbons (Fsp3) is 0.0909. The molecule has 2 aromatic carbocycles. The molecule has 156 valence electrons. The molecule has 0 saturated carbocycles. The first-order valence-corrected chi connectivity index (χ1v) is 10.1. The Bertz CT molecular complexity index is 1340. The van der Waals surface area contributed by atoms with Gasteiger partial charge in [-0.25, -0.2) is 5.43 Å². The van der Waals surface area contributed by atoms with Crippen molar-refractivity contribution in [3.05, 3.63) is 86.5 Å².